The van der Waals surface area contributed by atoms with E-state index in [1.807, 2.05) is 0 Å². The molecule has 0 saturated carbocycles. The van der Waals surface area contributed by atoms with Crippen molar-refractivity contribution >= 4 is 29.0 Å². The van der Waals surface area contributed by atoms with E-state index in [-0.39, 0.29) is 22.8 Å². The molecule has 146 valence electrons. The summed E-state index contributed by atoms with van der Waals surface area (Å²) in [6.07, 6.45) is -1.20. The van der Waals surface area contributed by atoms with E-state index in [1.54, 1.807) is 18.2 Å². The first-order valence-electron chi connectivity index (χ1n) is 8.18. The summed E-state index contributed by atoms with van der Waals surface area (Å²) in [4.78, 5) is 46.3. The molecule has 2 aromatic rings. The van der Waals surface area contributed by atoms with Crippen LogP contribution in [0.1, 0.15) is 34.6 Å². The normalized spacial score (nSPS) is 11.2. The van der Waals surface area contributed by atoms with Crippen molar-refractivity contribution in [1.29, 1.82) is 0 Å². The van der Waals surface area contributed by atoms with Gasteiger partial charge in [-0.3, -0.25) is 19.7 Å². The number of carbonyl (C=O) groups is 3. The number of rotatable bonds is 7. The molecule has 0 heterocycles. The topological polar surface area (TPSA) is 125 Å². The van der Waals surface area contributed by atoms with Gasteiger partial charge in [-0.1, -0.05) is 12.1 Å². The van der Waals surface area contributed by atoms with Crippen LogP contribution in [0.4, 0.5) is 11.4 Å². The summed E-state index contributed by atoms with van der Waals surface area (Å²) in [7, 11) is 1.30. The first-order valence-corrected chi connectivity index (χ1v) is 8.18. The monoisotopic (exact) mass is 386 g/mol. The minimum absolute atomic E-state index is 0.0809. The Morgan fingerprint density at radius 2 is 1.86 bits per heavy atom. The number of Topliss-reactive ketones (excluding diaryl/α,β-unsaturated/α-hetero) is 1. The average molecular weight is 386 g/mol. The van der Waals surface area contributed by atoms with Crippen molar-refractivity contribution in [3.63, 3.8) is 0 Å². The van der Waals surface area contributed by atoms with Gasteiger partial charge in [-0.05, 0) is 32.0 Å². The van der Waals surface area contributed by atoms with Crippen molar-refractivity contribution in [3.05, 3.63) is 63.7 Å². The van der Waals surface area contributed by atoms with Gasteiger partial charge in [0.05, 0.1) is 12.0 Å². The molecular formula is C19H18N2O7. The molecule has 9 heteroatoms. The van der Waals surface area contributed by atoms with Gasteiger partial charge in [0.25, 0.3) is 11.6 Å². The molecule has 2 aromatic carbocycles. The predicted molar refractivity (Wildman–Crippen MR) is 99.6 cm³/mol. The summed E-state index contributed by atoms with van der Waals surface area (Å²) in [6.45, 7) is 2.75. The minimum atomic E-state index is -1.20. The number of hydrogen-bond donors (Lipinski definition) is 1. The van der Waals surface area contributed by atoms with Gasteiger partial charge < -0.3 is 14.8 Å². The molecule has 0 radical (unpaired) electrons. The van der Waals surface area contributed by atoms with Gasteiger partial charge in [-0.15, -0.1) is 0 Å². The Bertz CT molecular complexity index is 940. The standard InChI is InChI=1S/C19H18N2O7/c1-11(22)13-5-4-6-14(9-13)20-18(23)12(2)28-19(24)16-10-15(21(25)26)7-8-17(16)27-3/h4-10,12H,1-3H3,(H,20,23)/t12-/m0/s1. The number of nitro groups is 1. The number of carbonyl (C=O) groups excluding carboxylic acids is 3. The van der Waals surface area contributed by atoms with Crippen molar-refractivity contribution in [2.45, 2.75) is 20.0 Å². The highest BCUT2D eigenvalue weighted by Crippen LogP contribution is 2.25. The van der Waals surface area contributed by atoms with Crippen LogP contribution < -0.4 is 10.1 Å². The number of benzene rings is 2. The minimum Gasteiger partial charge on any atom is -0.496 e. The zero-order chi connectivity index (χ0) is 20.8. The van der Waals surface area contributed by atoms with Crippen LogP contribution >= 0.6 is 0 Å². The second-order valence-corrected chi connectivity index (χ2v) is 5.82. The third kappa shape index (κ3) is 4.91. The van der Waals surface area contributed by atoms with E-state index in [1.165, 1.54) is 39.2 Å². The average Bonchev–Trinajstić information content (AvgIpc) is 2.67. The SMILES string of the molecule is COc1ccc([N+](=O)[O-])cc1C(=O)O[C@@H](C)C(=O)Nc1cccc(C(C)=O)c1. The van der Waals surface area contributed by atoms with Gasteiger partial charge in [0.1, 0.15) is 11.3 Å². The summed E-state index contributed by atoms with van der Waals surface area (Å²) in [5.41, 5.74) is 0.304. The van der Waals surface area contributed by atoms with E-state index in [2.05, 4.69) is 5.32 Å². The quantitative estimate of drug-likeness (QED) is 0.336. The smallest absolute Gasteiger partial charge is 0.342 e. The third-order valence-corrected chi connectivity index (χ3v) is 3.80. The lowest BCUT2D eigenvalue weighted by Crippen LogP contribution is -2.30. The van der Waals surface area contributed by atoms with Gasteiger partial charge in [-0.2, -0.15) is 0 Å². The number of anilines is 1. The van der Waals surface area contributed by atoms with Gasteiger partial charge in [0, 0.05) is 23.4 Å². The molecule has 0 aromatic heterocycles. The molecule has 0 unspecified atom stereocenters. The van der Waals surface area contributed by atoms with E-state index < -0.39 is 22.9 Å². The lowest BCUT2D eigenvalue weighted by atomic mass is 10.1. The predicted octanol–water partition coefficient (Wildman–Crippen LogP) is 2.99. The summed E-state index contributed by atoms with van der Waals surface area (Å²) < 4.78 is 10.1. The fraction of sp³-hybridized carbons (Fsp3) is 0.211. The second kappa shape index (κ2) is 8.76. The highest BCUT2D eigenvalue weighted by Gasteiger charge is 2.23. The molecule has 0 saturated heterocycles. The largest absolute Gasteiger partial charge is 0.496 e. The number of amides is 1. The van der Waals surface area contributed by atoms with E-state index in [4.69, 9.17) is 9.47 Å². The Labute approximate surface area is 160 Å². The summed E-state index contributed by atoms with van der Waals surface area (Å²) in [6, 6.07) is 9.77. The van der Waals surface area contributed by atoms with Crippen LogP contribution in [-0.4, -0.2) is 35.8 Å². The summed E-state index contributed by atoms with van der Waals surface area (Å²) in [5.74, 6) is -1.65. The molecular weight excluding hydrogens is 368 g/mol. The maximum absolute atomic E-state index is 12.4. The number of methoxy groups -OCH3 is 1. The van der Waals surface area contributed by atoms with Crippen LogP contribution in [0.25, 0.3) is 0 Å². The van der Waals surface area contributed by atoms with Gasteiger partial charge in [0.15, 0.2) is 11.9 Å². The molecule has 2 rings (SSSR count). The molecule has 0 aliphatic rings. The number of esters is 1. The Morgan fingerprint density at radius 1 is 1.14 bits per heavy atom. The van der Waals surface area contributed by atoms with Crippen molar-refractivity contribution in [2.24, 2.45) is 0 Å². The van der Waals surface area contributed by atoms with Crippen molar-refractivity contribution in [2.75, 3.05) is 12.4 Å². The Balaban J connectivity index is 2.12. The fourth-order valence-corrected chi connectivity index (χ4v) is 2.31. The highest BCUT2D eigenvalue weighted by atomic mass is 16.6. The molecule has 0 fully saturated rings. The summed E-state index contributed by atoms with van der Waals surface area (Å²) >= 11 is 0. The molecule has 0 aliphatic carbocycles. The maximum atomic E-state index is 12.4. The van der Waals surface area contributed by atoms with Gasteiger partial charge in [0.2, 0.25) is 0 Å². The van der Waals surface area contributed by atoms with Crippen molar-refractivity contribution in [1.82, 2.24) is 0 Å². The Hall–Kier alpha value is -3.75. The fourth-order valence-electron chi connectivity index (χ4n) is 2.31. The number of ether oxygens (including phenoxy) is 2. The number of nitrogens with one attached hydrogen (secondary N) is 1. The van der Waals surface area contributed by atoms with E-state index in [9.17, 15) is 24.5 Å². The highest BCUT2D eigenvalue weighted by molar-refractivity contribution is 6.00. The zero-order valence-corrected chi connectivity index (χ0v) is 15.4. The van der Waals surface area contributed by atoms with E-state index >= 15 is 0 Å². The Kier molecular flexibility index (Phi) is 6.43. The van der Waals surface area contributed by atoms with Crippen LogP contribution in [0, 0.1) is 10.1 Å². The van der Waals surface area contributed by atoms with Crippen LogP contribution in [-0.2, 0) is 9.53 Å². The molecule has 0 spiro atoms. The molecule has 1 N–H and O–H groups in total. The Morgan fingerprint density at radius 3 is 2.46 bits per heavy atom. The van der Waals surface area contributed by atoms with Crippen LogP contribution in [0.3, 0.4) is 0 Å². The van der Waals surface area contributed by atoms with Gasteiger partial charge >= 0.3 is 5.97 Å². The number of nitro benzene ring substituents is 1. The second-order valence-electron chi connectivity index (χ2n) is 5.82. The maximum Gasteiger partial charge on any atom is 0.342 e. The number of nitrogens with zero attached hydrogens (tertiary/aromatic N) is 1. The molecule has 0 aliphatic heterocycles. The van der Waals surface area contributed by atoms with E-state index in [0.29, 0.717) is 11.3 Å². The van der Waals surface area contributed by atoms with Crippen molar-refractivity contribution in [3.8, 4) is 5.75 Å². The first kappa shape index (κ1) is 20.6. The lowest BCUT2D eigenvalue weighted by Gasteiger charge is -2.15. The van der Waals surface area contributed by atoms with Crippen molar-refractivity contribution < 1.29 is 28.8 Å². The van der Waals surface area contributed by atoms with Crippen LogP contribution in [0.15, 0.2) is 42.5 Å². The molecule has 1 amide bonds. The first-order chi connectivity index (χ1) is 13.2. The third-order valence-electron chi connectivity index (χ3n) is 3.80. The molecule has 9 nitrogen and oxygen atoms in total. The number of non-ortho nitro benzene ring substituents is 1. The number of ketones is 1. The van der Waals surface area contributed by atoms with E-state index in [0.717, 1.165) is 6.07 Å². The molecule has 28 heavy (non-hydrogen) atoms. The van der Waals surface area contributed by atoms with Crippen LogP contribution in [0.5, 0.6) is 5.75 Å². The van der Waals surface area contributed by atoms with Crippen LogP contribution in [0.2, 0.25) is 0 Å². The molecule has 1 atom stereocenters. The summed E-state index contributed by atoms with van der Waals surface area (Å²) in [5, 5.41) is 13.5. The molecule has 0 bridgehead atoms. The zero-order valence-electron chi connectivity index (χ0n) is 15.4. The lowest BCUT2D eigenvalue weighted by molar-refractivity contribution is -0.384. The number of hydrogen-bond acceptors (Lipinski definition) is 7. The van der Waals surface area contributed by atoms with Gasteiger partial charge in [-0.25, -0.2) is 4.79 Å².